The highest BCUT2D eigenvalue weighted by Crippen LogP contribution is 2.39. The van der Waals surface area contributed by atoms with E-state index in [4.69, 9.17) is 4.74 Å². The molecule has 3 nitrogen and oxygen atoms in total. The topological polar surface area (TPSA) is 38.3 Å². The molecular weight excluding hydrogens is 202 g/mol. The summed E-state index contributed by atoms with van der Waals surface area (Å²) < 4.78 is 4.82. The first kappa shape index (κ1) is 13.5. The summed E-state index contributed by atoms with van der Waals surface area (Å²) in [5.74, 6) is -0.114. The minimum absolute atomic E-state index is 0.109. The highest BCUT2D eigenvalue weighted by molar-refractivity contribution is 5.75. The van der Waals surface area contributed by atoms with Crippen LogP contribution in [0.25, 0.3) is 0 Å². The lowest BCUT2D eigenvalue weighted by Crippen LogP contribution is -2.45. The quantitative estimate of drug-likeness (QED) is 0.679. The first-order valence-electron chi connectivity index (χ1n) is 6.42. The van der Waals surface area contributed by atoms with Crippen molar-refractivity contribution < 1.29 is 9.53 Å². The lowest BCUT2D eigenvalue weighted by Gasteiger charge is -2.39. The van der Waals surface area contributed by atoms with E-state index >= 15 is 0 Å². The van der Waals surface area contributed by atoms with Crippen LogP contribution in [0.3, 0.4) is 0 Å². The van der Waals surface area contributed by atoms with Crippen molar-refractivity contribution in [2.75, 3.05) is 13.7 Å². The Morgan fingerprint density at radius 1 is 1.50 bits per heavy atom. The van der Waals surface area contributed by atoms with Gasteiger partial charge in [-0.15, -0.1) is 0 Å². The van der Waals surface area contributed by atoms with Crippen LogP contribution < -0.4 is 5.32 Å². The van der Waals surface area contributed by atoms with Crippen molar-refractivity contribution in [3.05, 3.63) is 0 Å². The molecule has 0 saturated heterocycles. The molecule has 0 aromatic carbocycles. The molecule has 1 atom stereocenters. The smallest absolute Gasteiger partial charge is 0.322 e. The first-order chi connectivity index (χ1) is 7.61. The van der Waals surface area contributed by atoms with Crippen LogP contribution in [-0.2, 0) is 9.53 Å². The van der Waals surface area contributed by atoms with E-state index in [0.29, 0.717) is 5.41 Å². The number of hydrogen-bond donors (Lipinski definition) is 1. The molecule has 1 rings (SSSR count). The summed E-state index contributed by atoms with van der Waals surface area (Å²) in [5, 5.41) is 3.37. The molecule has 1 unspecified atom stereocenters. The molecule has 0 amide bonds. The average Bonchev–Trinajstić information content (AvgIpc) is 2.26. The van der Waals surface area contributed by atoms with Gasteiger partial charge in [0.15, 0.2) is 0 Å². The van der Waals surface area contributed by atoms with Gasteiger partial charge in [0.1, 0.15) is 6.04 Å². The number of hydrogen-bond acceptors (Lipinski definition) is 3. The number of nitrogens with one attached hydrogen (secondary N) is 1. The van der Waals surface area contributed by atoms with Crippen molar-refractivity contribution in [1.82, 2.24) is 5.32 Å². The second kappa shape index (κ2) is 6.24. The molecule has 1 aliphatic rings. The second-order valence-corrected chi connectivity index (χ2v) is 5.26. The Kier molecular flexibility index (Phi) is 5.26. The van der Waals surface area contributed by atoms with Crippen LogP contribution in [0.2, 0.25) is 0 Å². The zero-order valence-corrected chi connectivity index (χ0v) is 10.8. The minimum Gasteiger partial charge on any atom is -0.468 e. The van der Waals surface area contributed by atoms with E-state index < -0.39 is 0 Å². The second-order valence-electron chi connectivity index (χ2n) is 5.26. The summed E-state index contributed by atoms with van der Waals surface area (Å²) >= 11 is 0. The number of methoxy groups -OCH3 is 1. The van der Waals surface area contributed by atoms with Gasteiger partial charge in [0.05, 0.1) is 7.11 Å². The number of esters is 1. The maximum atomic E-state index is 11.6. The van der Waals surface area contributed by atoms with Gasteiger partial charge in [0, 0.05) is 6.54 Å². The standard InChI is InChI=1S/C13H25NO2/c1-4-5-7-11(12(15)16-3)14-10-13(2)8-6-9-13/h11,14H,4-10H2,1-3H3. The van der Waals surface area contributed by atoms with Crippen LogP contribution >= 0.6 is 0 Å². The summed E-state index contributed by atoms with van der Waals surface area (Å²) in [6.45, 7) is 5.37. The monoisotopic (exact) mass is 227 g/mol. The van der Waals surface area contributed by atoms with Gasteiger partial charge in [0.2, 0.25) is 0 Å². The fraction of sp³-hybridized carbons (Fsp3) is 0.923. The molecular formula is C13H25NO2. The predicted molar refractivity (Wildman–Crippen MR) is 65.3 cm³/mol. The van der Waals surface area contributed by atoms with Crippen molar-refractivity contribution in [3.63, 3.8) is 0 Å². The van der Waals surface area contributed by atoms with Crippen LogP contribution in [0.15, 0.2) is 0 Å². The molecule has 94 valence electrons. The van der Waals surface area contributed by atoms with Gasteiger partial charge < -0.3 is 10.1 Å². The van der Waals surface area contributed by atoms with E-state index in [0.717, 1.165) is 25.8 Å². The molecule has 1 N–H and O–H groups in total. The summed E-state index contributed by atoms with van der Waals surface area (Å²) in [7, 11) is 1.47. The van der Waals surface area contributed by atoms with Gasteiger partial charge in [-0.3, -0.25) is 4.79 Å². The zero-order chi connectivity index (χ0) is 12.0. The van der Waals surface area contributed by atoms with Crippen molar-refractivity contribution in [3.8, 4) is 0 Å². The van der Waals surface area contributed by atoms with Crippen LogP contribution in [0.4, 0.5) is 0 Å². The summed E-state index contributed by atoms with van der Waals surface area (Å²) in [6.07, 6.45) is 6.97. The lowest BCUT2D eigenvalue weighted by molar-refractivity contribution is -0.143. The van der Waals surface area contributed by atoms with Crippen molar-refractivity contribution in [2.24, 2.45) is 5.41 Å². The van der Waals surface area contributed by atoms with E-state index in [-0.39, 0.29) is 12.0 Å². The Bertz CT molecular complexity index is 224. The van der Waals surface area contributed by atoms with Gasteiger partial charge in [-0.25, -0.2) is 0 Å². The Labute approximate surface area is 98.9 Å². The lowest BCUT2D eigenvalue weighted by atomic mass is 9.70. The van der Waals surface area contributed by atoms with Gasteiger partial charge in [-0.2, -0.15) is 0 Å². The third-order valence-corrected chi connectivity index (χ3v) is 3.67. The Hall–Kier alpha value is -0.570. The third-order valence-electron chi connectivity index (χ3n) is 3.67. The molecule has 16 heavy (non-hydrogen) atoms. The summed E-state index contributed by atoms with van der Waals surface area (Å²) in [6, 6.07) is -0.109. The Morgan fingerprint density at radius 3 is 2.62 bits per heavy atom. The fourth-order valence-corrected chi connectivity index (χ4v) is 2.18. The Balaban J connectivity index is 2.33. The molecule has 1 aliphatic carbocycles. The number of carbonyl (C=O) groups is 1. The molecule has 1 fully saturated rings. The minimum atomic E-state index is -0.114. The highest BCUT2D eigenvalue weighted by atomic mass is 16.5. The van der Waals surface area contributed by atoms with E-state index in [9.17, 15) is 4.79 Å². The van der Waals surface area contributed by atoms with Gasteiger partial charge >= 0.3 is 5.97 Å². The van der Waals surface area contributed by atoms with Crippen LogP contribution in [0.1, 0.15) is 52.4 Å². The third kappa shape index (κ3) is 3.78. The van der Waals surface area contributed by atoms with E-state index in [2.05, 4.69) is 19.2 Å². The molecule has 0 aliphatic heterocycles. The zero-order valence-electron chi connectivity index (χ0n) is 10.8. The fourth-order valence-electron chi connectivity index (χ4n) is 2.18. The van der Waals surface area contributed by atoms with E-state index in [1.807, 2.05) is 0 Å². The molecule has 0 radical (unpaired) electrons. The van der Waals surface area contributed by atoms with Crippen LogP contribution in [-0.4, -0.2) is 25.7 Å². The highest BCUT2D eigenvalue weighted by Gasteiger charge is 2.32. The van der Waals surface area contributed by atoms with Gasteiger partial charge in [-0.1, -0.05) is 33.1 Å². The largest absolute Gasteiger partial charge is 0.468 e. The number of ether oxygens (including phenoxy) is 1. The molecule has 0 bridgehead atoms. The molecule has 1 saturated carbocycles. The van der Waals surface area contributed by atoms with Crippen molar-refractivity contribution in [2.45, 2.75) is 58.4 Å². The molecule has 0 spiro atoms. The maximum absolute atomic E-state index is 11.6. The summed E-state index contributed by atoms with van der Waals surface area (Å²) in [5.41, 5.74) is 0.415. The molecule has 0 heterocycles. The van der Waals surface area contributed by atoms with Crippen molar-refractivity contribution >= 4 is 5.97 Å². The van der Waals surface area contributed by atoms with Crippen LogP contribution in [0, 0.1) is 5.41 Å². The summed E-state index contributed by atoms with van der Waals surface area (Å²) in [4.78, 5) is 11.6. The van der Waals surface area contributed by atoms with E-state index in [1.54, 1.807) is 0 Å². The number of unbranched alkanes of at least 4 members (excludes halogenated alkanes) is 1. The number of carbonyl (C=O) groups excluding carboxylic acids is 1. The molecule has 0 aromatic heterocycles. The van der Waals surface area contributed by atoms with Crippen molar-refractivity contribution in [1.29, 1.82) is 0 Å². The van der Waals surface area contributed by atoms with Crippen LogP contribution in [0.5, 0.6) is 0 Å². The molecule has 3 heteroatoms. The SMILES string of the molecule is CCCCC(NCC1(C)CCC1)C(=O)OC. The van der Waals surface area contributed by atoms with E-state index in [1.165, 1.54) is 26.4 Å². The predicted octanol–water partition coefficient (Wildman–Crippen LogP) is 2.50. The normalized spacial score (nSPS) is 19.9. The average molecular weight is 227 g/mol. The number of rotatable bonds is 7. The van der Waals surface area contributed by atoms with Gasteiger partial charge in [0.25, 0.3) is 0 Å². The molecule has 0 aromatic rings. The van der Waals surface area contributed by atoms with Gasteiger partial charge in [-0.05, 0) is 24.7 Å². The first-order valence-corrected chi connectivity index (χ1v) is 6.42. The Morgan fingerprint density at radius 2 is 2.19 bits per heavy atom. The maximum Gasteiger partial charge on any atom is 0.322 e.